The van der Waals surface area contributed by atoms with Gasteiger partial charge in [-0.15, -0.1) is 0 Å². The lowest BCUT2D eigenvalue weighted by molar-refractivity contribution is -0.148. The third-order valence-electron chi connectivity index (χ3n) is 3.18. The maximum Gasteiger partial charge on any atom is 0.331 e. The molecular weight excluding hydrogens is 326 g/mol. The molecule has 0 aliphatic rings. The topological polar surface area (TPSA) is 72.5 Å². The minimum absolute atomic E-state index is 0.158. The first-order chi connectivity index (χ1) is 11.5. The van der Waals surface area contributed by atoms with Crippen LogP contribution in [0, 0.1) is 0 Å². The van der Waals surface area contributed by atoms with Crippen LogP contribution < -0.4 is 5.32 Å². The summed E-state index contributed by atoms with van der Waals surface area (Å²) in [6, 6.07) is 8.54. The number of amides is 1. The first-order valence-corrected chi connectivity index (χ1v) is 8.23. The SMILES string of the molecule is CC(=O)c1ccccc1NC(=O)[C@@H](C)OC(=O)/C=C/c1ccsc1. The van der Waals surface area contributed by atoms with Crippen molar-refractivity contribution in [2.24, 2.45) is 0 Å². The van der Waals surface area contributed by atoms with Crippen molar-refractivity contribution >= 4 is 40.8 Å². The molecule has 5 nitrogen and oxygen atoms in total. The lowest BCUT2D eigenvalue weighted by Gasteiger charge is -2.14. The van der Waals surface area contributed by atoms with Crippen molar-refractivity contribution in [3.05, 3.63) is 58.3 Å². The summed E-state index contributed by atoms with van der Waals surface area (Å²) < 4.78 is 5.06. The number of carbonyl (C=O) groups is 3. The summed E-state index contributed by atoms with van der Waals surface area (Å²) in [5, 5.41) is 6.39. The number of carbonyl (C=O) groups excluding carboxylic acids is 3. The van der Waals surface area contributed by atoms with Gasteiger partial charge in [-0.3, -0.25) is 9.59 Å². The van der Waals surface area contributed by atoms with E-state index in [1.807, 2.05) is 16.8 Å². The Kier molecular flexibility index (Phi) is 6.03. The zero-order valence-electron chi connectivity index (χ0n) is 13.3. The first-order valence-electron chi connectivity index (χ1n) is 7.29. The number of esters is 1. The van der Waals surface area contributed by atoms with Crippen LogP contribution in [0.15, 0.2) is 47.2 Å². The molecule has 2 rings (SSSR count). The van der Waals surface area contributed by atoms with E-state index in [4.69, 9.17) is 4.74 Å². The van der Waals surface area contributed by atoms with Crippen LogP contribution in [0.2, 0.25) is 0 Å². The summed E-state index contributed by atoms with van der Waals surface area (Å²) in [6.45, 7) is 2.89. The molecule has 1 amide bonds. The van der Waals surface area contributed by atoms with Gasteiger partial charge in [-0.2, -0.15) is 11.3 Å². The predicted octanol–water partition coefficient (Wildman–Crippen LogP) is 3.53. The Morgan fingerprint density at radius 3 is 2.62 bits per heavy atom. The summed E-state index contributed by atoms with van der Waals surface area (Å²) in [4.78, 5) is 35.4. The van der Waals surface area contributed by atoms with E-state index in [2.05, 4.69) is 5.32 Å². The number of Topliss-reactive ketones (excluding diaryl/α,β-unsaturated/α-hetero) is 1. The van der Waals surface area contributed by atoms with Crippen LogP contribution in [0.4, 0.5) is 5.69 Å². The number of nitrogens with one attached hydrogen (secondary N) is 1. The number of benzene rings is 1. The van der Waals surface area contributed by atoms with Crippen molar-refractivity contribution in [2.75, 3.05) is 5.32 Å². The number of anilines is 1. The lowest BCUT2D eigenvalue weighted by Crippen LogP contribution is -2.30. The van der Waals surface area contributed by atoms with Crippen LogP contribution in [0.3, 0.4) is 0 Å². The van der Waals surface area contributed by atoms with E-state index in [-0.39, 0.29) is 5.78 Å². The quantitative estimate of drug-likeness (QED) is 0.495. The molecular formula is C18H17NO4S. The molecule has 1 N–H and O–H groups in total. The van der Waals surface area contributed by atoms with Gasteiger partial charge in [0.15, 0.2) is 11.9 Å². The third-order valence-corrected chi connectivity index (χ3v) is 3.88. The standard InChI is InChI=1S/C18H17NO4S/c1-12(20)15-5-3-4-6-16(15)19-18(22)13(2)23-17(21)8-7-14-9-10-24-11-14/h3-11,13H,1-2H3,(H,19,22)/b8-7+/t13-/m1/s1. The van der Waals surface area contributed by atoms with Crippen LogP contribution in [0.5, 0.6) is 0 Å². The van der Waals surface area contributed by atoms with Crippen LogP contribution >= 0.6 is 11.3 Å². The minimum Gasteiger partial charge on any atom is -0.449 e. The van der Waals surface area contributed by atoms with Gasteiger partial charge in [0.05, 0.1) is 5.69 Å². The number of hydrogen-bond acceptors (Lipinski definition) is 5. The fourth-order valence-corrected chi connectivity index (χ4v) is 2.56. The Labute approximate surface area is 144 Å². The van der Waals surface area contributed by atoms with Gasteiger partial charge in [-0.05, 0) is 54.4 Å². The Balaban J connectivity index is 1.95. The van der Waals surface area contributed by atoms with Gasteiger partial charge in [0.25, 0.3) is 5.91 Å². The van der Waals surface area contributed by atoms with Crippen LogP contribution in [0.25, 0.3) is 6.08 Å². The molecule has 2 aromatic rings. The van der Waals surface area contributed by atoms with Gasteiger partial charge in [-0.1, -0.05) is 12.1 Å². The van der Waals surface area contributed by atoms with Crippen molar-refractivity contribution in [1.82, 2.24) is 0 Å². The molecule has 0 fully saturated rings. The Hall–Kier alpha value is -2.73. The Morgan fingerprint density at radius 1 is 1.21 bits per heavy atom. The Morgan fingerprint density at radius 2 is 1.96 bits per heavy atom. The summed E-state index contributed by atoms with van der Waals surface area (Å²) in [5.41, 5.74) is 1.69. The molecule has 0 saturated carbocycles. The smallest absolute Gasteiger partial charge is 0.331 e. The van der Waals surface area contributed by atoms with E-state index in [9.17, 15) is 14.4 Å². The van der Waals surface area contributed by atoms with Crippen LogP contribution in [0.1, 0.15) is 29.8 Å². The summed E-state index contributed by atoms with van der Waals surface area (Å²) in [5.74, 6) is -1.26. The molecule has 0 bridgehead atoms. The average Bonchev–Trinajstić information content (AvgIpc) is 3.06. The Bertz CT molecular complexity index is 765. The van der Waals surface area contributed by atoms with Gasteiger partial charge < -0.3 is 10.1 Å². The predicted molar refractivity (Wildman–Crippen MR) is 94.0 cm³/mol. The first kappa shape index (κ1) is 17.6. The van der Waals surface area contributed by atoms with E-state index in [0.29, 0.717) is 11.3 Å². The molecule has 1 aromatic heterocycles. The van der Waals surface area contributed by atoms with Gasteiger partial charge in [-0.25, -0.2) is 4.79 Å². The highest BCUT2D eigenvalue weighted by Crippen LogP contribution is 2.16. The van der Waals surface area contributed by atoms with Crippen LogP contribution in [-0.4, -0.2) is 23.8 Å². The number of para-hydroxylation sites is 1. The monoisotopic (exact) mass is 343 g/mol. The van der Waals surface area contributed by atoms with E-state index in [1.54, 1.807) is 30.3 Å². The summed E-state index contributed by atoms with van der Waals surface area (Å²) in [6.07, 6.45) is 1.91. The molecule has 0 radical (unpaired) electrons. The molecule has 124 valence electrons. The van der Waals surface area contributed by atoms with Gasteiger partial charge in [0, 0.05) is 11.6 Å². The molecule has 0 unspecified atom stereocenters. The highest BCUT2D eigenvalue weighted by Gasteiger charge is 2.18. The highest BCUT2D eigenvalue weighted by atomic mass is 32.1. The normalized spacial score (nSPS) is 11.9. The average molecular weight is 343 g/mol. The van der Waals surface area contributed by atoms with Crippen molar-refractivity contribution in [3.63, 3.8) is 0 Å². The largest absolute Gasteiger partial charge is 0.449 e. The second-order valence-electron chi connectivity index (χ2n) is 5.06. The highest BCUT2D eigenvalue weighted by molar-refractivity contribution is 7.08. The molecule has 6 heteroatoms. The molecule has 1 heterocycles. The number of ketones is 1. The van der Waals surface area contributed by atoms with Crippen molar-refractivity contribution in [1.29, 1.82) is 0 Å². The number of rotatable bonds is 6. The van der Waals surface area contributed by atoms with Gasteiger partial charge in [0.1, 0.15) is 0 Å². The zero-order valence-corrected chi connectivity index (χ0v) is 14.1. The van der Waals surface area contributed by atoms with Crippen LogP contribution in [-0.2, 0) is 14.3 Å². The maximum absolute atomic E-state index is 12.1. The molecule has 1 atom stereocenters. The molecule has 0 aliphatic carbocycles. The minimum atomic E-state index is -0.982. The number of thiophene rings is 1. The molecule has 0 spiro atoms. The lowest BCUT2D eigenvalue weighted by atomic mass is 10.1. The van der Waals surface area contributed by atoms with E-state index >= 15 is 0 Å². The van der Waals surface area contributed by atoms with E-state index in [1.165, 1.54) is 31.3 Å². The fourth-order valence-electron chi connectivity index (χ4n) is 1.93. The van der Waals surface area contributed by atoms with Crippen molar-refractivity contribution in [3.8, 4) is 0 Å². The number of ether oxygens (including phenoxy) is 1. The second kappa shape index (κ2) is 8.21. The third kappa shape index (κ3) is 4.89. The maximum atomic E-state index is 12.1. The van der Waals surface area contributed by atoms with Gasteiger partial charge in [0.2, 0.25) is 0 Å². The molecule has 1 aromatic carbocycles. The van der Waals surface area contributed by atoms with E-state index in [0.717, 1.165) is 5.56 Å². The fraction of sp³-hybridized carbons (Fsp3) is 0.167. The molecule has 0 saturated heterocycles. The second-order valence-corrected chi connectivity index (χ2v) is 5.84. The molecule has 24 heavy (non-hydrogen) atoms. The summed E-state index contributed by atoms with van der Waals surface area (Å²) in [7, 11) is 0. The van der Waals surface area contributed by atoms with E-state index < -0.39 is 18.0 Å². The summed E-state index contributed by atoms with van der Waals surface area (Å²) >= 11 is 1.52. The van der Waals surface area contributed by atoms with Crippen molar-refractivity contribution < 1.29 is 19.1 Å². The number of hydrogen-bond donors (Lipinski definition) is 1. The molecule has 0 aliphatic heterocycles. The van der Waals surface area contributed by atoms with Crippen molar-refractivity contribution in [2.45, 2.75) is 20.0 Å². The zero-order chi connectivity index (χ0) is 17.5. The van der Waals surface area contributed by atoms with Gasteiger partial charge >= 0.3 is 5.97 Å².